The number of hydrogen-bond acceptors (Lipinski definition) is 1. The number of aromatic nitrogens is 1. The smallest absolute Gasteiger partial charge is 0.0552 e. The minimum absolute atomic E-state index is 0.504. The van der Waals surface area contributed by atoms with Crippen molar-refractivity contribution in [2.75, 3.05) is 5.32 Å². The van der Waals surface area contributed by atoms with E-state index < -0.39 is 0 Å². The van der Waals surface area contributed by atoms with E-state index in [0.717, 1.165) is 0 Å². The third-order valence-corrected chi connectivity index (χ3v) is 1.59. The lowest BCUT2D eigenvalue weighted by Crippen LogP contribution is -2.09. The number of rotatable bonds is 2. The number of aryl methyl sites for hydroxylation is 2. The van der Waals surface area contributed by atoms with Crippen LogP contribution in [0.4, 0.5) is 5.69 Å². The molecule has 0 bridgehead atoms. The summed E-state index contributed by atoms with van der Waals surface area (Å²) in [6.45, 7) is 8.43. The first-order valence-electron chi connectivity index (χ1n) is 4.02. The summed E-state index contributed by atoms with van der Waals surface area (Å²) in [6, 6.07) is 2.64. The van der Waals surface area contributed by atoms with Crippen molar-refractivity contribution in [2.45, 2.75) is 33.7 Å². The Morgan fingerprint density at radius 3 is 2.36 bits per heavy atom. The Morgan fingerprint density at radius 2 is 2.00 bits per heavy atom. The molecule has 1 aromatic rings. The standard InChI is InChI=1S/C9H16N2/c1-6(2)10-9-5-7(3)11-8(9)4/h5-6,10-11H,1-4H3. The number of anilines is 1. The summed E-state index contributed by atoms with van der Waals surface area (Å²) >= 11 is 0. The summed E-state index contributed by atoms with van der Waals surface area (Å²) in [5, 5.41) is 3.36. The maximum absolute atomic E-state index is 3.36. The van der Waals surface area contributed by atoms with E-state index in [-0.39, 0.29) is 0 Å². The summed E-state index contributed by atoms with van der Waals surface area (Å²) < 4.78 is 0. The fourth-order valence-corrected chi connectivity index (χ4v) is 1.18. The molecule has 2 N–H and O–H groups in total. The van der Waals surface area contributed by atoms with Crippen LogP contribution in [0.5, 0.6) is 0 Å². The van der Waals surface area contributed by atoms with Crippen LogP contribution in [0.15, 0.2) is 6.07 Å². The van der Waals surface area contributed by atoms with Gasteiger partial charge in [-0.05, 0) is 33.8 Å². The Kier molecular flexibility index (Phi) is 2.22. The van der Waals surface area contributed by atoms with E-state index in [2.05, 4.69) is 44.1 Å². The first-order chi connectivity index (χ1) is 5.09. The van der Waals surface area contributed by atoms with E-state index in [1.54, 1.807) is 0 Å². The van der Waals surface area contributed by atoms with Crippen LogP contribution in [0.1, 0.15) is 25.2 Å². The molecular weight excluding hydrogens is 136 g/mol. The van der Waals surface area contributed by atoms with Gasteiger partial charge in [0.05, 0.1) is 5.69 Å². The fraction of sp³-hybridized carbons (Fsp3) is 0.556. The van der Waals surface area contributed by atoms with Crippen molar-refractivity contribution < 1.29 is 0 Å². The van der Waals surface area contributed by atoms with E-state index >= 15 is 0 Å². The molecule has 0 fully saturated rings. The molecule has 0 saturated heterocycles. The Bertz CT molecular complexity index is 236. The van der Waals surface area contributed by atoms with Crippen LogP contribution in [0, 0.1) is 13.8 Å². The average molecular weight is 152 g/mol. The van der Waals surface area contributed by atoms with Gasteiger partial charge in [-0.2, -0.15) is 0 Å². The van der Waals surface area contributed by atoms with Crippen LogP contribution in [-0.2, 0) is 0 Å². The summed E-state index contributed by atoms with van der Waals surface area (Å²) in [4.78, 5) is 3.25. The second-order valence-corrected chi connectivity index (χ2v) is 3.29. The zero-order chi connectivity index (χ0) is 8.43. The second-order valence-electron chi connectivity index (χ2n) is 3.29. The number of aromatic amines is 1. The largest absolute Gasteiger partial charge is 0.381 e. The van der Waals surface area contributed by atoms with Gasteiger partial charge in [-0.25, -0.2) is 0 Å². The summed E-state index contributed by atoms with van der Waals surface area (Å²) in [7, 11) is 0. The molecule has 0 aliphatic carbocycles. The van der Waals surface area contributed by atoms with Gasteiger partial charge in [0.1, 0.15) is 0 Å². The molecule has 62 valence electrons. The van der Waals surface area contributed by atoms with Crippen molar-refractivity contribution in [1.82, 2.24) is 4.98 Å². The maximum atomic E-state index is 3.36. The summed E-state index contributed by atoms with van der Waals surface area (Å²) in [5.41, 5.74) is 3.65. The van der Waals surface area contributed by atoms with E-state index in [1.807, 2.05) is 0 Å². The molecule has 0 spiro atoms. The molecule has 1 heterocycles. The van der Waals surface area contributed by atoms with Crippen LogP contribution < -0.4 is 5.32 Å². The molecule has 0 radical (unpaired) electrons. The molecule has 2 nitrogen and oxygen atoms in total. The Hall–Kier alpha value is -0.920. The molecule has 2 heteroatoms. The first-order valence-corrected chi connectivity index (χ1v) is 4.02. The third kappa shape index (κ3) is 2.00. The van der Waals surface area contributed by atoms with Crippen molar-refractivity contribution in [3.8, 4) is 0 Å². The monoisotopic (exact) mass is 152 g/mol. The highest BCUT2D eigenvalue weighted by molar-refractivity contribution is 5.50. The predicted octanol–water partition coefficient (Wildman–Crippen LogP) is 2.45. The summed E-state index contributed by atoms with van der Waals surface area (Å²) in [5.74, 6) is 0. The van der Waals surface area contributed by atoms with Crippen LogP contribution in [0.25, 0.3) is 0 Å². The first kappa shape index (κ1) is 8.18. The molecule has 0 atom stereocenters. The molecule has 0 amide bonds. The van der Waals surface area contributed by atoms with E-state index in [0.29, 0.717) is 6.04 Å². The SMILES string of the molecule is Cc1cc(NC(C)C)c(C)[nH]1. The molecule has 11 heavy (non-hydrogen) atoms. The second kappa shape index (κ2) is 2.99. The van der Waals surface area contributed by atoms with E-state index in [9.17, 15) is 0 Å². The van der Waals surface area contributed by atoms with Crippen molar-refractivity contribution in [3.05, 3.63) is 17.5 Å². The fourth-order valence-electron chi connectivity index (χ4n) is 1.18. The zero-order valence-corrected chi connectivity index (χ0v) is 7.65. The minimum Gasteiger partial charge on any atom is -0.381 e. The number of nitrogens with one attached hydrogen (secondary N) is 2. The van der Waals surface area contributed by atoms with Gasteiger partial charge in [0.2, 0.25) is 0 Å². The van der Waals surface area contributed by atoms with Gasteiger partial charge in [-0.1, -0.05) is 0 Å². The quantitative estimate of drug-likeness (QED) is 0.669. The average Bonchev–Trinajstić information content (AvgIpc) is 2.09. The highest BCUT2D eigenvalue weighted by Crippen LogP contribution is 2.15. The van der Waals surface area contributed by atoms with Crippen molar-refractivity contribution >= 4 is 5.69 Å². The number of hydrogen-bond donors (Lipinski definition) is 2. The lowest BCUT2D eigenvalue weighted by atomic mass is 10.3. The maximum Gasteiger partial charge on any atom is 0.0552 e. The van der Waals surface area contributed by atoms with Gasteiger partial charge in [0, 0.05) is 17.4 Å². The topological polar surface area (TPSA) is 27.8 Å². The van der Waals surface area contributed by atoms with Crippen LogP contribution >= 0.6 is 0 Å². The predicted molar refractivity (Wildman–Crippen MR) is 49.0 cm³/mol. The van der Waals surface area contributed by atoms with Crippen LogP contribution in [0.2, 0.25) is 0 Å². The van der Waals surface area contributed by atoms with Gasteiger partial charge in [-0.15, -0.1) is 0 Å². The highest BCUT2D eigenvalue weighted by Gasteiger charge is 2.01. The molecule has 0 aromatic carbocycles. The molecule has 1 aromatic heterocycles. The summed E-state index contributed by atoms with van der Waals surface area (Å²) in [6.07, 6.45) is 0. The van der Waals surface area contributed by atoms with E-state index in [4.69, 9.17) is 0 Å². The molecule has 0 aliphatic rings. The Labute approximate surface area is 68.0 Å². The van der Waals surface area contributed by atoms with Crippen molar-refractivity contribution in [1.29, 1.82) is 0 Å². The van der Waals surface area contributed by atoms with Crippen molar-refractivity contribution in [2.24, 2.45) is 0 Å². The molecule has 0 unspecified atom stereocenters. The van der Waals surface area contributed by atoms with Gasteiger partial charge in [0.25, 0.3) is 0 Å². The number of H-pyrrole nitrogens is 1. The molecule has 0 saturated carbocycles. The third-order valence-electron chi connectivity index (χ3n) is 1.59. The molecular formula is C9H16N2. The highest BCUT2D eigenvalue weighted by atomic mass is 14.9. The normalized spacial score (nSPS) is 10.6. The minimum atomic E-state index is 0.504. The zero-order valence-electron chi connectivity index (χ0n) is 7.65. The van der Waals surface area contributed by atoms with Gasteiger partial charge < -0.3 is 10.3 Å². The van der Waals surface area contributed by atoms with Crippen LogP contribution in [-0.4, -0.2) is 11.0 Å². The van der Waals surface area contributed by atoms with Gasteiger partial charge >= 0.3 is 0 Å². The Balaban J connectivity index is 2.77. The molecule has 1 rings (SSSR count). The van der Waals surface area contributed by atoms with Crippen LogP contribution in [0.3, 0.4) is 0 Å². The Morgan fingerprint density at radius 1 is 1.36 bits per heavy atom. The van der Waals surface area contributed by atoms with Gasteiger partial charge in [0.15, 0.2) is 0 Å². The van der Waals surface area contributed by atoms with Crippen molar-refractivity contribution in [3.63, 3.8) is 0 Å². The molecule has 0 aliphatic heterocycles. The lowest BCUT2D eigenvalue weighted by Gasteiger charge is -2.07. The lowest BCUT2D eigenvalue weighted by molar-refractivity contribution is 0.897. The van der Waals surface area contributed by atoms with E-state index in [1.165, 1.54) is 17.1 Å². The van der Waals surface area contributed by atoms with Gasteiger partial charge in [-0.3, -0.25) is 0 Å².